The molecule has 5 heteroatoms. The van der Waals surface area contributed by atoms with E-state index in [-0.39, 0.29) is 0 Å². The molecule has 0 atom stereocenters. The van der Waals surface area contributed by atoms with E-state index in [0.717, 1.165) is 9.26 Å². The Kier molecular flexibility index (Phi) is 3.53. The van der Waals surface area contributed by atoms with Crippen molar-refractivity contribution in [2.75, 3.05) is 0 Å². The first-order chi connectivity index (χ1) is 7.15. The maximum Gasteiger partial charge on any atom is 0.123 e. The van der Waals surface area contributed by atoms with Gasteiger partial charge in [-0.05, 0) is 46.4 Å². The molecule has 0 spiro atoms. The van der Waals surface area contributed by atoms with E-state index in [1.165, 1.54) is 0 Å². The summed E-state index contributed by atoms with van der Waals surface area (Å²) < 4.78 is 2.84. The van der Waals surface area contributed by atoms with Crippen LogP contribution in [0.1, 0.15) is 5.56 Å². The summed E-state index contributed by atoms with van der Waals surface area (Å²) in [5.41, 5.74) is 1.09. The zero-order valence-electron chi connectivity index (χ0n) is 7.62. The van der Waals surface area contributed by atoms with Crippen molar-refractivity contribution in [3.63, 3.8) is 0 Å². The van der Waals surface area contributed by atoms with Gasteiger partial charge in [0.25, 0.3) is 0 Å². The predicted molar refractivity (Wildman–Crippen MR) is 70.5 cm³/mol. The number of rotatable bonds is 2. The van der Waals surface area contributed by atoms with Gasteiger partial charge in [0.05, 0.1) is 16.6 Å². The van der Waals surface area contributed by atoms with Gasteiger partial charge < -0.3 is 0 Å². The van der Waals surface area contributed by atoms with E-state index in [1.54, 1.807) is 6.07 Å². The van der Waals surface area contributed by atoms with Gasteiger partial charge in [0.15, 0.2) is 0 Å². The molecule has 0 bridgehead atoms. The van der Waals surface area contributed by atoms with E-state index in [4.69, 9.17) is 23.2 Å². The molecule has 0 aliphatic carbocycles. The van der Waals surface area contributed by atoms with Crippen LogP contribution < -0.4 is 0 Å². The highest BCUT2D eigenvalue weighted by Crippen LogP contribution is 2.22. The van der Waals surface area contributed by atoms with E-state index in [0.29, 0.717) is 16.6 Å². The lowest BCUT2D eigenvalue weighted by molar-refractivity contribution is 0.681. The molecular formula is C10H7Cl2IN2. The second-order valence-corrected chi connectivity index (χ2v) is 5.00. The lowest BCUT2D eigenvalue weighted by Gasteiger charge is -2.03. The number of nitrogens with zero attached hydrogens (tertiary/aromatic N) is 2. The Morgan fingerprint density at radius 3 is 2.60 bits per heavy atom. The van der Waals surface area contributed by atoms with E-state index in [2.05, 4.69) is 27.7 Å². The van der Waals surface area contributed by atoms with Crippen LogP contribution in [-0.4, -0.2) is 9.78 Å². The molecule has 2 aromatic rings. The minimum Gasteiger partial charge on any atom is -0.267 e. The minimum absolute atomic E-state index is 0.579. The molecule has 0 aliphatic rings. The molecule has 0 unspecified atom stereocenters. The molecular weight excluding hydrogens is 346 g/mol. The second kappa shape index (κ2) is 4.72. The highest BCUT2D eigenvalue weighted by Gasteiger charge is 2.01. The van der Waals surface area contributed by atoms with Crippen LogP contribution in [0, 0.1) is 3.70 Å². The predicted octanol–water partition coefficient (Wildman–Crippen LogP) is 3.84. The Bertz CT molecular complexity index is 482. The van der Waals surface area contributed by atoms with Crippen LogP contribution in [0.3, 0.4) is 0 Å². The maximum atomic E-state index is 5.92. The molecule has 1 aromatic carbocycles. The zero-order valence-corrected chi connectivity index (χ0v) is 11.3. The van der Waals surface area contributed by atoms with Gasteiger partial charge >= 0.3 is 0 Å². The summed E-state index contributed by atoms with van der Waals surface area (Å²) in [5, 5.41) is 5.44. The smallest absolute Gasteiger partial charge is 0.123 e. The molecule has 0 saturated heterocycles. The van der Waals surface area contributed by atoms with Crippen LogP contribution in [0.25, 0.3) is 0 Å². The summed E-state index contributed by atoms with van der Waals surface area (Å²) in [7, 11) is 0. The molecule has 0 amide bonds. The molecule has 0 saturated carbocycles. The fourth-order valence-electron chi connectivity index (χ4n) is 1.25. The molecule has 0 fully saturated rings. The maximum absolute atomic E-state index is 5.92. The Morgan fingerprint density at radius 2 is 2.00 bits per heavy atom. The van der Waals surface area contributed by atoms with E-state index >= 15 is 0 Å². The molecule has 78 valence electrons. The molecule has 0 radical (unpaired) electrons. The van der Waals surface area contributed by atoms with Crippen LogP contribution in [-0.2, 0) is 6.54 Å². The van der Waals surface area contributed by atoms with Gasteiger partial charge in [-0.2, -0.15) is 5.10 Å². The lowest BCUT2D eigenvalue weighted by atomic mass is 10.2. The summed E-state index contributed by atoms with van der Waals surface area (Å²) >= 11 is 13.9. The number of aromatic nitrogens is 2. The van der Waals surface area contributed by atoms with Crippen LogP contribution in [0.2, 0.25) is 10.0 Å². The third-order valence-corrected chi connectivity index (χ3v) is 3.25. The molecule has 2 rings (SSSR count). The molecule has 1 heterocycles. The average Bonchev–Trinajstić information content (AvgIpc) is 2.58. The van der Waals surface area contributed by atoms with Crippen molar-refractivity contribution in [1.82, 2.24) is 9.78 Å². The van der Waals surface area contributed by atoms with Crippen molar-refractivity contribution in [1.29, 1.82) is 0 Å². The molecule has 1 aromatic heterocycles. The third kappa shape index (κ3) is 2.86. The number of halogens is 3. The molecule has 15 heavy (non-hydrogen) atoms. The average molecular weight is 353 g/mol. The minimum atomic E-state index is 0.579. The highest BCUT2D eigenvalue weighted by atomic mass is 127. The van der Waals surface area contributed by atoms with Crippen molar-refractivity contribution in [3.05, 3.63) is 49.8 Å². The highest BCUT2D eigenvalue weighted by molar-refractivity contribution is 14.1. The van der Waals surface area contributed by atoms with Crippen molar-refractivity contribution >= 4 is 45.8 Å². The SMILES string of the molecule is Clc1ccc(Cn2ccc(I)n2)cc1Cl. The van der Waals surface area contributed by atoms with Crippen LogP contribution in [0.4, 0.5) is 0 Å². The first-order valence-corrected chi connectivity index (χ1v) is 6.11. The van der Waals surface area contributed by atoms with Crippen LogP contribution in [0.15, 0.2) is 30.5 Å². The van der Waals surface area contributed by atoms with E-state index in [9.17, 15) is 0 Å². The van der Waals surface area contributed by atoms with Gasteiger partial charge in [-0.25, -0.2) is 0 Å². The normalized spacial score (nSPS) is 10.6. The van der Waals surface area contributed by atoms with Crippen LogP contribution >= 0.6 is 45.8 Å². The van der Waals surface area contributed by atoms with Gasteiger partial charge in [0.1, 0.15) is 3.70 Å². The first-order valence-electron chi connectivity index (χ1n) is 4.28. The number of hydrogen-bond acceptors (Lipinski definition) is 1. The van der Waals surface area contributed by atoms with Gasteiger partial charge in [0, 0.05) is 6.20 Å². The molecule has 0 N–H and O–H groups in total. The third-order valence-electron chi connectivity index (χ3n) is 1.94. The fraction of sp³-hybridized carbons (Fsp3) is 0.100. The first kappa shape index (κ1) is 11.2. The summed E-state index contributed by atoms with van der Waals surface area (Å²) in [5.74, 6) is 0. The van der Waals surface area contributed by atoms with Gasteiger partial charge in [-0.1, -0.05) is 29.3 Å². The quantitative estimate of drug-likeness (QED) is 0.751. The summed E-state index contributed by atoms with van der Waals surface area (Å²) in [6, 6.07) is 7.56. The standard InChI is InChI=1S/C10H7Cl2IN2/c11-8-2-1-7(5-9(8)12)6-15-4-3-10(13)14-15/h1-5H,6H2. The summed E-state index contributed by atoms with van der Waals surface area (Å²) in [4.78, 5) is 0. The van der Waals surface area contributed by atoms with Crippen molar-refractivity contribution < 1.29 is 0 Å². The van der Waals surface area contributed by atoms with Crippen molar-refractivity contribution in [2.45, 2.75) is 6.54 Å². The van der Waals surface area contributed by atoms with Gasteiger partial charge in [-0.15, -0.1) is 0 Å². The Hall–Kier alpha value is -0.260. The Labute approximate surface area is 111 Å². The van der Waals surface area contributed by atoms with Crippen molar-refractivity contribution in [3.8, 4) is 0 Å². The topological polar surface area (TPSA) is 17.8 Å². The Balaban J connectivity index is 2.21. The largest absolute Gasteiger partial charge is 0.267 e. The molecule has 2 nitrogen and oxygen atoms in total. The van der Waals surface area contributed by atoms with Gasteiger partial charge in [0.2, 0.25) is 0 Å². The monoisotopic (exact) mass is 352 g/mol. The van der Waals surface area contributed by atoms with E-state index < -0.39 is 0 Å². The van der Waals surface area contributed by atoms with Crippen molar-refractivity contribution in [2.24, 2.45) is 0 Å². The Morgan fingerprint density at radius 1 is 1.20 bits per heavy atom. The molecule has 0 aliphatic heterocycles. The number of hydrogen-bond donors (Lipinski definition) is 0. The summed E-state index contributed by atoms with van der Waals surface area (Å²) in [6.45, 7) is 0.708. The van der Waals surface area contributed by atoms with Crippen LogP contribution in [0.5, 0.6) is 0 Å². The summed E-state index contributed by atoms with van der Waals surface area (Å²) in [6.07, 6.45) is 1.93. The zero-order chi connectivity index (χ0) is 10.8. The van der Waals surface area contributed by atoms with E-state index in [1.807, 2.05) is 29.1 Å². The van der Waals surface area contributed by atoms with Gasteiger partial charge in [-0.3, -0.25) is 4.68 Å². The number of benzene rings is 1. The lowest BCUT2D eigenvalue weighted by Crippen LogP contribution is -2.00. The second-order valence-electron chi connectivity index (χ2n) is 3.08. The fourth-order valence-corrected chi connectivity index (χ4v) is 2.01.